The number of nitrogens with one attached hydrogen (secondary N) is 1. The zero-order valence-corrected chi connectivity index (χ0v) is 12.0. The van der Waals surface area contributed by atoms with Gasteiger partial charge in [-0.2, -0.15) is 0 Å². The summed E-state index contributed by atoms with van der Waals surface area (Å²) < 4.78 is 5.21. The zero-order chi connectivity index (χ0) is 14.4. The summed E-state index contributed by atoms with van der Waals surface area (Å²) >= 11 is 6.00. The number of aromatic hydroxyl groups is 1. The average Bonchev–Trinajstić information content (AvgIpc) is 2.46. The van der Waals surface area contributed by atoms with E-state index in [0.29, 0.717) is 56.4 Å². The van der Waals surface area contributed by atoms with Gasteiger partial charge in [0.2, 0.25) is 5.91 Å². The number of hydrogen-bond donors (Lipinski definition) is 2. The molecule has 2 N–H and O–H groups in total. The minimum atomic E-state index is 0.129. The molecule has 1 aromatic carbocycles. The number of hydrogen-bond acceptors (Lipinski definition) is 4. The van der Waals surface area contributed by atoms with Crippen molar-refractivity contribution in [1.29, 1.82) is 0 Å². The number of phenolic OH excluding ortho intramolecular Hbond substituents is 1. The molecule has 6 heteroatoms. The Labute approximate surface area is 123 Å². The van der Waals surface area contributed by atoms with Gasteiger partial charge in [0.05, 0.1) is 13.2 Å². The minimum absolute atomic E-state index is 0.129. The number of nitrogens with zero attached hydrogens (tertiary/aromatic N) is 1. The molecule has 1 amide bonds. The smallest absolute Gasteiger partial charge is 0.224 e. The highest BCUT2D eigenvalue weighted by Gasteiger charge is 2.16. The number of ether oxygens (including phenoxy) is 1. The van der Waals surface area contributed by atoms with Crippen LogP contribution in [0.3, 0.4) is 0 Å². The van der Waals surface area contributed by atoms with E-state index >= 15 is 0 Å². The van der Waals surface area contributed by atoms with Crippen molar-refractivity contribution in [3.8, 4) is 5.75 Å². The van der Waals surface area contributed by atoms with E-state index in [2.05, 4.69) is 5.32 Å². The van der Waals surface area contributed by atoms with Crippen molar-refractivity contribution in [3.63, 3.8) is 0 Å². The monoisotopic (exact) mass is 298 g/mol. The standard InChI is InChI=1S/C14H19ClN2O3/c15-12-2-1-3-13(18)11(12)10-16-5-4-14(19)17-6-8-20-9-7-17/h1-3,16,18H,4-10H2. The number of morpholine rings is 1. The highest BCUT2D eigenvalue weighted by atomic mass is 35.5. The van der Waals surface area contributed by atoms with Gasteiger partial charge in [0.25, 0.3) is 0 Å². The first-order valence-corrected chi connectivity index (χ1v) is 7.09. The first-order chi connectivity index (χ1) is 9.68. The fourth-order valence-corrected chi connectivity index (χ4v) is 2.34. The van der Waals surface area contributed by atoms with Crippen LogP contribution in [0.25, 0.3) is 0 Å². The van der Waals surface area contributed by atoms with Crippen LogP contribution >= 0.6 is 11.6 Å². The quantitative estimate of drug-likeness (QED) is 0.806. The molecule has 1 heterocycles. The molecular weight excluding hydrogens is 280 g/mol. The molecule has 1 aliphatic rings. The number of benzene rings is 1. The van der Waals surface area contributed by atoms with Crippen molar-refractivity contribution >= 4 is 17.5 Å². The summed E-state index contributed by atoms with van der Waals surface area (Å²) in [6.45, 7) is 3.58. The van der Waals surface area contributed by atoms with Crippen molar-refractivity contribution in [2.45, 2.75) is 13.0 Å². The largest absolute Gasteiger partial charge is 0.508 e. The lowest BCUT2D eigenvalue weighted by atomic mass is 10.2. The van der Waals surface area contributed by atoms with E-state index in [-0.39, 0.29) is 11.7 Å². The van der Waals surface area contributed by atoms with Gasteiger partial charge >= 0.3 is 0 Å². The van der Waals surface area contributed by atoms with E-state index in [1.165, 1.54) is 0 Å². The Kier molecular flexibility index (Phi) is 5.64. The van der Waals surface area contributed by atoms with Crippen LogP contribution < -0.4 is 5.32 Å². The van der Waals surface area contributed by atoms with E-state index in [4.69, 9.17) is 16.3 Å². The summed E-state index contributed by atoms with van der Waals surface area (Å²) in [6, 6.07) is 5.03. The lowest BCUT2D eigenvalue weighted by molar-refractivity contribution is -0.135. The minimum Gasteiger partial charge on any atom is -0.508 e. The molecule has 110 valence electrons. The van der Waals surface area contributed by atoms with Gasteiger partial charge in [-0.25, -0.2) is 0 Å². The third-order valence-electron chi connectivity index (χ3n) is 3.28. The van der Waals surface area contributed by atoms with Crippen LogP contribution in [0.4, 0.5) is 0 Å². The first kappa shape index (κ1) is 15.1. The fourth-order valence-electron chi connectivity index (χ4n) is 2.10. The zero-order valence-electron chi connectivity index (χ0n) is 11.3. The van der Waals surface area contributed by atoms with Gasteiger partial charge in [-0.05, 0) is 12.1 Å². The van der Waals surface area contributed by atoms with E-state index in [1.54, 1.807) is 18.2 Å². The van der Waals surface area contributed by atoms with E-state index in [1.807, 2.05) is 4.90 Å². The van der Waals surface area contributed by atoms with E-state index < -0.39 is 0 Å². The van der Waals surface area contributed by atoms with Gasteiger partial charge < -0.3 is 20.1 Å². The van der Waals surface area contributed by atoms with Gasteiger partial charge in [0.1, 0.15) is 5.75 Å². The molecule has 1 saturated heterocycles. The van der Waals surface area contributed by atoms with Crippen molar-refractivity contribution in [2.75, 3.05) is 32.8 Å². The number of halogens is 1. The van der Waals surface area contributed by atoms with E-state index in [0.717, 1.165) is 0 Å². The third-order valence-corrected chi connectivity index (χ3v) is 3.63. The second-order valence-electron chi connectivity index (χ2n) is 4.66. The molecule has 0 unspecified atom stereocenters. The molecule has 0 aliphatic carbocycles. The van der Waals surface area contributed by atoms with E-state index in [9.17, 15) is 9.90 Å². The van der Waals surface area contributed by atoms with Crippen molar-refractivity contribution < 1.29 is 14.6 Å². The van der Waals surface area contributed by atoms with Crippen molar-refractivity contribution in [1.82, 2.24) is 10.2 Å². The molecule has 5 nitrogen and oxygen atoms in total. The summed E-state index contributed by atoms with van der Waals surface area (Å²) in [5.74, 6) is 0.300. The van der Waals surface area contributed by atoms with Gasteiger partial charge in [0.15, 0.2) is 0 Å². The molecule has 1 aromatic rings. The molecule has 1 aliphatic heterocycles. The Balaban J connectivity index is 1.72. The van der Waals surface area contributed by atoms with Gasteiger partial charge in [-0.3, -0.25) is 4.79 Å². The Morgan fingerprint density at radius 1 is 1.40 bits per heavy atom. The highest BCUT2D eigenvalue weighted by molar-refractivity contribution is 6.31. The number of carbonyl (C=O) groups is 1. The maximum absolute atomic E-state index is 11.9. The predicted molar refractivity (Wildman–Crippen MR) is 76.8 cm³/mol. The number of carbonyl (C=O) groups excluding carboxylic acids is 1. The van der Waals surface area contributed by atoms with Crippen LogP contribution in [0.2, 0.25) is 5.02 Å². The lowest BCUT2D eigenvalue weighted by Crippen LogP contribution is -2.41. The molecule has 0 atom stereocenters. The van der Waals surface area contributed by atoms with Gasteiger partial charge in [-0.1, -0.05) is 17.7 Å². The van der Waals surface area contributed by atoms with Gasteiger partial charge in [-0.15, -0.1) is 0 Å². The summed E-state index contributed by atoms with van der Waals surface area (Å²) in [7, 11) is 0. The summed E-state index contributed by atoms with van der Waals surface area (Å²) in [6.07, 6.45) is 0.436. The Bertz CT molecular complexity index is 441. The average molecular weight is 299 g/mol. The Morgan fingerprint density at radius 3 is 2.85 bits per heavy atom. The maximum Gasteiger partial charge on any atom is 0.224 e. The van der Waals surface area contributed by atoms with Crippen molar-refractivity contribution in [2.24, 2.45) is 0 Å². The molecule has 0 saturated carbocycles. The normalized spacial score (nSPS) is 15.3. The Hall–Kier alpha value is -1.30. The molecule has 20 heavy (non-hydrogen) atoms. The van der Waals surface area contributed by atoms with Crippen LogP contribution in [-0.2, 0) is 16.1 Å². The summed E-state index contributed by atoms with van der Waals surface area (Å²) in [5, 5.41) is 13.3. The lowest BCUT2D eigenvalue weighted by Gasteiger charge is -2.26. The molecule has 1 fully saturated rings. The predicted octanol–water partition coefficient (Wildman–Crippen LogP) is 1.38. The molecule has 0 aromatic heterocycles. The molecular formula is C14H19ClN2O3. The number of rotatable bonds is 5. The van der Waals surface area contributed by atoms with Crippen LogP contribution in [0, 0.1) is 0 Å². The molecule has 0 radical (unpaired) electrons. The van der Waals surface area contributed by atoms with Crippen LogP contribution in [-0.4, -0.2) is 48.8 Å². The second kappa shape index (κ2) is 7.47. The molecule has 0 spiro atoms. The topological polar surface area (TPSA) is 61.8 Å². The van der Waals surface area contributed by atoms with Gasteiger partial charge in [0, 0.05) is 43.2 Å². The Morgan fingerprint density at radius 2 is 2.15 bits per heavy atom. The molecule has 2 rings (SSSR count). The van der Waals surface area contributed by atoms with Crippen LogP contribution in [0.5, 0.6) is 5.75 Å². The first-order valence-electron chi connectivity index (χ1n) is 6.71. The van der Waals surface area contributed by atoms with Crippen LogP contribution in [0.1, 0.15) is 12.0 Å². The fraction of sp³-hybridized carbons (Fsp3) is 0.500. The summed E-state index contributed by atoms with van der Waals surface area (Å²) in [5.41, 5.74) is 0.660. The maximum atomic E-state index is 11.9. The molecule has 0 bridgehead atoms. The number of amides is 1. The third kappa shape index (κ3) is 4.10. The van der Waals surface area contributed by atoms with Crippen LogP contribution in [0.15, 0.2) is 18.2 Å². The highest BCUT2D eigenvalue weighted by Crippen LogP contribution is 2.24. The second-order valence-corrected chi connectivity index (χ2v) is 5.06. The SMILES string of the molecule is O=C(CCNCc1c(O)cccc1Cl)N1CCOCC1. The van der Waals surface area contributed by atoms with Crippen molar-refractivity contribution in [3.05, 3.63) is 28.8 Å². The number of phenols is 1. The summed E-state index contributed by atoms with van der Waals surface area (Å²) in [4.78, 5) is 13.7.